The molecule has 0 radical (unpaired) electrons. The molecule has 9 atom stereocenters. The average Bonchev–Trinajstić information content (AvgIpc) is 3.22. The second-order valence-electron chi connectivity index (χ2n) is 14.5. The van der Waals surface area contributed by atoms with E-state index in [0.29, 0.717) is 5.56 Å². The smallest absolute Gasteiger partial charge is 0.328 e. The molecule has 0 bridgehead atoms. The first kappa shape index (κ1) is 55.2. The normalized spacial score (nSPS) is 15.0. The third-order valence-electron chi connectivity index (χ3n) is 9.06. The van der Waals surface area contributed by atoms with Gasteiger partial charge in [-0.15, -0.1) is 0 Å². The molecule has 0 saturated carbocycles. The number of guanidine groups is 2. The van der Waals surface area contributed by atoms with E-state index in [0.717, 1.165) is 6.92 Å². The molecule has 0 spiro atoms. The van der Waals surface area contributed by atoms with Crippen LogP contribution < -0.4 is 65.9 Å². The molecule has 7 amide bonds. The molecule has 0 unspecified atom stereocenters. The maximum absolute atomic E-state index is 13.8. The number of nitrogens with one attached hydrogen (secondary N) is 7. The Hall–Kier alpha value is -6.84. The molecule has 0 heterocycles. The van der Waals surface area contributed by atoms with Crippen molar-refractivity contribution in [3.8, 4) is 5.75 Å². The van der Waals surface area contributed by atoms with E-state index in [4.69, 9.17) is 33.8 Å². The van der Waals surface area contributed by atoms with Crippen molar-refractivity contribution >= 4 is 59.2 Å². The molecule has 358 valence electrons. The van der Waals surface area contributed by atoms with E-state index < -0.39 is 115 Å². The van der Waals surface area contributed by atoms with Gasteiger partial charge < -0.3 is 91.4 Å². The average molecular weight is 911 g/mol. The number of aromatic hydroxyl groups is 1. The predicted octanol–water partition coefficient (Wildman–Crippen LogP) is -7.75. The number of phenols is 1. The van der Waals surface area contributed by atoms with Crippen LogP contribution in [0.3, 0.4) is 0 Å². The van der Waals surface area contributed by atoms with Gasteiger partial charge in [-0.3, -0.25) is 43.5 Å². The standard InChI is InChI=1S/C37H62N14O13/c1-17(28(56)50-26(16-53)35(63)64)45-31(59)23(6-4-12-43-36(39)40)47-32(60)24(7-5-13-44-37(41)42)48-34(62)27(19(3)54)51-29(57)18(2)46-33(61)25(15-52)49-30(58)22(38)14-20-8-10-21(55)11-9-20/h8-11,17-19,22-27,52-55H,4-7,12-16,38H2,1-3H3,(H,45,59)(H,46,61)(H,47,60)(H,48,62)(H,49,58)(H,50,56)(H,51,57)(H,63,64)(H4,39,40,43)(H4,41,42,44)/t17-,18-,19+,22-,23-,24-,25-,26-,27-/m0/s1. The zero-order valence-corrected chi connectivity index (χ0v) is 35.7. The van der Waals surface area contributed by atoms with Crippen LogP contribution in [0.25, 0.3) is 0 Å². The van der Waals surface area contributed by atoms with Crippen LogP contribution in [0.2, 0.25) is 0 Å². The first-order valence-corrected chi connectivity index (χ1v) is 19.9. The van der Waals surface area contributed by atoms with Gasteiger partial charge in [-0.05, 0) is 70.6 Å². The SMILES string of the molecule is C[C@H](NC(=O)[C@H](CCCN=C(N)N)NC(=O)[C@H](CCCN=C(N)N)NC(=O)[C@@H](NC(=O)[C@H](C)NC(=O)[C@H](CO)NC(=O)[C@@H](N)Cc1ccc(O)cc1)[C@@H](C)O)C(=O)N[C@@H](CO)C(=O)O. The van der Waals surface area contributed by atoms with Gasteiger partial charge >= 0.3 is 5.97 Å². The van der Waals surface area contributed by atoms with Gasteiger partial charge in [0.15, 0.2) is 11.9 Å². The number of carboxylic acid groups (broad SMARTS) is 1. The van der Waals surface area contributed by atoms with Gasteiger partial charge in [0.2, 0.25) is 41.4 Å². The lowest BCUT2D eigenvalue weighted by Gasteiger charge is -2.27. The van der Waals surface area contributed by atoms with Crippen LogP contribution in [0.5, 0.6) is 5.75 Å². The van der Waals surface area contributed by atoms with Crippen molar-refractivity contribution in [1.82, 2.24) is 37.2 Å². The molecule has 1 aromatic carbocycles. The van der Waals surface area contributed by atoms with Crippen LogP contribution in [0.4, 0.5) is 0 Å². The van der Waals surface area contributed by atoms with Crippen molar-refractivity contribution in [1.29, 1.82) is 0 Å². The van der Waals surface area contributed by atoms with Crippen molar-refractivity contribution in [2.24, 2.45) is 38.7 Å². The maximum atomic E-state index is 13.8. The summed E-state index contributed by atoms with van der Waals surface area (Å²) in [6.45, 7) is 1.72. The largest absolute Gasteiger partial charge is 0.508 e. The zero-order valence-electron chi connectivity index (χ0n) is 35.7. The van der Waals surface area contributed by atoms with E-state index >= 15 is 0 Å². The Morgan fingerprint density at radius 1 is 0.578 bits per heavy atom. The lowest BCUT2D eigenvalue weighted by atomic mass is 10.1. The van der Waals surface area contributed by atoms with E-state index in [-0.39, 0.29) is 62.9 Å². The number of aliphatic hydroxyl groups excluding tert-OH is 3. The molecule has 22 N–H and O–H groups in total. The summed E-state index contributed by atoms with van der Waals surface area (Å²) in [7, 11) is 0. The molecule has 27 heteroatoms. The van der Waals surface area contributed by atoms with Gasteiger partial charge in [0, 0.05) is 13.1 Å². The molecule has 0 fully saturated rings. The molecule has 0 aliphatic rings. The molecular formula is C37H62N14O13. The maximum Gasteiger partial charge on any atom is 0.328 e. The fourth-order valence-electron chi connectivity index (χ4n) is 5.45. The first-order valence-electron chi connectivity index (χ1n) is 19.9. The third kappa shape index (κ3) is 20.4. The number of hydrogen-bond acceptors (Lipinski definition) is 15. The minimum Gasteiger partial charge on any atom is -0.508 e. The Morgan fingerprint density at radius 3 is 1.42 bits per heavy atom. The van der Waals surface area contributed by atoms with Crippen LogP contribution in [0.1, 0.15) is 52.0 Å². The van der Waals surface area contributed by atoms with Gasteiger partial charge in [-0.1, -0.05) is 12.1 Å². The van der Waals surface area contributed by atoms with Gasteiger partial charge in [0.1, 0.15) is 48.0 Å². The number of aliphatic hydroxyl groups is 3. The summed E-state index contributed by atoms with van der Waals surface area (Å²) in [5.74, 6) is -8.85. The number of rotatable bonds is 28. The second kappa shape index (κ2) is 28.0. The molecule has 1 rings (SSSR count). The number of aliphatic imine (C=N–C) groups is 2. The van der Waals surface area contributed by atoms with E-state index in [1.807, 2.05) is 5.32 Å². The van der Waals surface area contributed by atoms with Crippen LogP contribution in [-0.4, -0.2) is 166 Å². The number of carbonyl (C=O) groups is 8. The Morgan fingerprint density at radius 2 is 0.984 bits per heavy atom. The number of carboxylic acids is 1. The molecule has 0 aromatic heterocycles. The van der Waals surface area contributed by atoms with Gasteiger partial charge in [-0.2, -0.15) is 0 Å². The number of phenolic OH excluding ortho intramolecular Hbond substituents is 1. The molecular weight excluding hydrogens is 848 g/mol. The highest BCUT2D eigenvalue weighted by Crippen LogP contribution is 2.11. The zero-order chi connectivity index (χ0) is 48.7. The van der Waals surface area contributed by atoms with Crippen LogP contribution >= 0.6 is 0 Å². The highest BCUT2D eigenvalue weighted by atomic mass is 16.4. The van der Waals surface area contributed by atoms with Crippen molar-refractivity contribution < 1.29 is 63.9 Å². The summed E-state index contributed by atoms with van der Waals surface area (Å²) in [5, 5.41) is 64.4. The Balaban J connectivity index is 3.19. The number of carbonyl (C=O) groups excluding carboxylic acids is 7. The fourth-order valence-corrected chi connectivity index (χ4v) is 5.45. The summed E-state index contributed by atoms with van der Waals surface area (Å²) in [4.78, 5) is 111. The highest BCUT2D eigenvalue weighted by Gasteiger charge is 2.34. The number of aliphatic carboxylic acids is 1. The van der Waals surface area contributed by atoms with Gasteiger partial charge in [-0.25, -0.2) is 4.79 Å². The molecule has 0 saturated heterocycles. The second-order valence-corrected chi connectivity index (χ2v) is 14.5. The van der Waals surface area contributed by atoms with E-state index in [2.05, 4.69) is 41.9 Å². The highest BCUT2D eigenvalue weighted by molar-refractivity contribution is 5.97. The first-order chi connectivity index (χ1) is 30.0. The monoisotopic (exact) mass is 910 g/mol. The lowest BCUT2D eigenvalue weighted by molar-refractivity contribution is -0.143. The van der Waals surface area contributed by atoms with E-state index in [9.17, 15) is 58.8 Å². The molecule has 27 nitrogen and oxygen atoms in total. The summed E-state index contributed by atoms with van der Waals surface area (Å²) in [6.07, 6.45) is -1.71. The van der Waals surface area contributed by atoms with Crippen LogP contribution in [0.15, 0.2) is 34.3 Å². The van der Waals surface area contributed by atoms with Crippen LogP contribution in [0, 0.1) is 0 Å². The Bertz CT molecular complexity index is 1810. The summed E-state index contributed by atoms with van der Waals surface area (Å²) in [6, 6.07) is -5.98. The summed E-state index contributed by atoms with van der Waals surface area (Å²) in [5.41, 5.74) is 28.1. The number of amides is 7. The number of nitrogens with two attached hydrogens (primary N) is 5. The van der Waals surface area contributed by atoms with Crippen molar-refractivity contribution in [3.05, 3.63) is 29.8 Å². The molecule has 64 heavy (non-hydrogen) atoms. The summed E-state index contributed by atoms with van der Waals surface area (Å²) < 4.78 is 0. The quantitative estimate of drug-likeness (QED) is 0.0211. The van der Waals surface area contributed by atoms with Crippen molar-refractivity contribution in [2.75, 3.05) is 26.3 Å². The van der Waals surface area contributed by atoms with E-state index in [1.54, 1.807) is 0 Å². The minimum absolute atomic E-state index is 0.000199. The van der Waals surface area contributed by atoms with Crippen molar-refractivity contribution in [2.45, 2.75) is 107 Å². The number of benzene rings is 1. The molecule has 1 aromatic rings. The van der Waals surface area contributed by atoms with Gasteiger partial charge in [0.05, 0.1) is 25.4 Å². The third-order valence-corrected chi connectivity index (χ3v) is 9.06. The topological polar surface area (TPSA) is 477 Å². The number of nitrogens with zero attached hydrogens (tertiary/aromatic N) is 2. The summed E-state index contributed by atoms with van der Waals surface area (Å²) >= 11 is 0. The lowest BCUT2D eigenvalue weighted by Crippen LogP contribution is -2.61. The Kier molecular flexibility index (Phi) is 24.1. The van der Waals surface area contributed by atoms with E-state index in [1.165, 1.54) is 38.1 Å². The number of hydrogen-bond donors (Lipinski definition) is 17. The van der Waals surface area contributed by atoms with Crippen molar-refractivity contribution in [3.63, 3.8) is 0 Å². The van der Waals surface area contributed by atoms with Gasteiger partial charge in [0.25, 0.3) is 0 Å². The minimum atomic E-state index is -1.75. The fraction of sp³-hybridized carbons (Fsp3) is 0.568. The van der Waals surface area contributed by atoms with Crippen LogP contribution in [-0.2, 0) is 44.8 Å². The molecule has 0 aliphatic heterocycles. The molecule has 0 aliphatic carbocycles. The Labute approximate surface area is 367 Å². The predicted molar refractivity (Wildman–Crippen MR) is 228 cm³/mol.